The van der Waals surface area contributed by atoms with Crippen molar-refractivity contribution in [3.63, 3.8) is 0 Å². The van der Waals surface area contributed by atoms with Gasteiger partial charge in [-0.2, -0.15) is 0 Å². The van der Waals surface area contributed by atoms with Crippen molar-refractivity contribution in [2.45, 2.75) is 32.5 Å². The zero-order valence-corrected chi connectivity index (χ0v) is 11.8. The molecule has 19 heavy (non-hydrogen) atoms. The average Bonchev–Trinajstić information content (AvgIpc) is 3.02. The fraction of sp³-hybridized carbons (Fsp3) is 0.625. The van der Waals surface area contributed by atoms with Gasteiger partial charge in [0, 0.05) is 31.6 Å². The van der Waals surface area contributed by atoms with E-state index < -0.39 is 0 Å². The molecule has 1 N–H and O–H groups in total. The molecule has 1 saturated heterocycles. The Kier molecular flexibility index (Phi) is 4.16. The van der Waals surface area contributed by atoms with Gasteiger partial charge in [0.2, 0.25) is 0 Å². The van der Waals surface area contributed by atoms with Gasteiger partial charge in [0.15, 0.2) is 0 Å². The van der Waals surface area contributed by atoms with Gasteiger partial charge in [-0.3, -0.25) is 4.90 Å². The Morgan fingerprint density at radius 3 is 2.63 bits per heavy atom. The van der Waals surface area contributed by atoms with Crippen molar-refractivity contribution in [2.24, 2.45) is 5.92 Å². The van der Waals surface area contributed by atoms with Crippen molar-refractivity contribution in [2.75, 3.05) is 26.3 Å². The number of nitrogens with one attached hydrogen (secondary N) is 1. The molecule has 0 bridgehead atoms. The lowest BCUT2D eigenvalue weighted by Gasteiger charge is -2.24. The topological polar surface area (TPSA) is 24.5 Å². The van der Waals surface area contributed by atoms with E-state index in [1.165, 1.54) is 17.5 Å². The van der Waals surface area contributed by atoms with E-state index in [1.807, 2.05) is 0 Å². The molecule has 2 atom stereocenters. The van der Waals surface area contributed by atoms with Crippen molar-refractivity contribution in [1.29, 1.82) is 0 Å². The Hall–Kier alpha value is -0.900. The Labute approximate surface area is 115 Å². The van der Waals surface area contributed by atoms with Gasteiger partial charge in [-0.15, -0.1) is 0 Å². The molecule has 0 saturated carbocycles. The molecule has 0 aliphatic carbocycles. The van der Waals surface area contributed by atoms with Crippen LogP contribution < -0.4 is 5.32 Å². The maximum absolute atomic E-state index is 5.67. The number of hydrogen-bond donors (Lipinski definition) is 1. The van der Waals surface area contributed by atoms with Crippen LogP contribution in [0.3, 0.4) is 0 Å². The summed E-state index contributed by atoms with van der Waals surface area (Å²) >= 11 is 0. The van der Waals surface area contributed by atoms with E-state index in [0.717, 1.165) is 39.4 Å². The largest absolute Gasteiger partial charge is 0.379 e. The Morgan fingerprint density at radius 1 is 1.21 bits per heavy atom. The van der Waals surface area contributed by atoms with E-state index in [2.05, 4.69) is 41.4 Å². The molecule has 0 spiro atoms. The third-order valence-corrected chi connectivity index (χ3v) is 4.25. The van der Waals surface area contributed by atoms with Crippen LogP contribution in [0.5, 0.6) is 0 Å². The van der Waals surface area contributed by atoms with Crippen LogP contribution in [-0.4, -0.2) is 37.2 Å². The number of hydrogen-bond acceptors (Lipinski definition) is 3. The summed E-state index contributed by atoms with van der Waals surface area (Å²) in [5.74, 6) is 0.640. The first-order valence-electron chi connectivity index (χ1n) is 7.47. The molecule has 2 unspecified atom stereocenters. The van der Waals surface area contributed by atoms with E-state index in [1.54, 1.807) is 0 Å². The molecular formula is C16H24N2O. The maximum Gasteiger partial charge on any atom is 0.0623 e. The van der Waals surface area contributed by atoms with Crippen LogP contribution >= 0.6 is 0 Å². The zero-order chi connectivity index (χ0) is 13.1. The summed E-state index contributed by atoms with van der Waals surface area (Å²) in [7, 11) is 0. The van der Waals surface area contributed by atoms with Crippen LogP contribution in [0.4, 0.5) is 0 Å². The van der Waals surface area contributed by atoms with Crippen molar-refractivity contribution in [3.8, 4) is 0 Å². The van der Waals surface area contributed by atoms with Crippen LogP contribution in [0.15, 0.2) is 24.3 Å². The molecule has 2 heterocycles. The SMILES string of the molecule is CCCNC1COCC1CN1Cc2ccccc2C1. The van der Waals surface area contributed by atoms with Crippen molar-refractivity contribution >= 4 is 0 Å². The van der Waals surface area contributed by atoms with Crippen LogP contribution in [0.25, 0.3) is 0 Å². The summed E-state index contributed by atoms with van der Waals surface area (Å²) in [6.07, 6.45) is 1.19. The second-order valence-corrected chi connectivity index (χ2v) is 5.80. The van der Waals surface area contributed by atoms with E-state index in [9.17, 15) is 0 Å². The van der Waals surface area contributed by atoms with Crippen molar-refractivity contribution in [3.05, 3.63) is 35.4 Å². The first-order chi connectivity index (χ1) is 9.36. The first-order valence-corrected chi connectivity index (χ1v) is 7.47. The number of nitrogens with zero attached hydrogens (tertiary/aromatic N) is 1. The predicted molar refractivity (Wildman–Crippen MR) is 76.9 cm³/mol. The highest BCUT2D eigenvalue weighted by atomic mass is 16.5. The summed E-state index contributed by atoms with van der Waals surface area (Å²) < 4.78 is 5.67. The predicted octanol–water partition coefficient (Wildman–Crippen LogP) is 2.02. The lowest BCUT2D eigenvalue weighted by atomic mass is 10.0. The molecule has 0 amide bonds. The van der Waals surface area contributed by atoms with Crippen LogP contribution in [0.2, 0.25) is 0 Å². The van der Waals surface area contributed by atoms with Crippen molar-refractivity contribution in [1.82, 2.24) is 10.2 Å². The lowest BCUT2D eigenvalue weighted by molar-refractivity contribution is 0.167. The minimum absolute atomic E-state index is 0.545. The highest BCUT2D eigenvalue weighted by Gasteiger charge is 2.30. The first kappa shape index (κ1) is 13.1. The Morgan fingerprint density at radius 2 is 1.95 bits per heavy atom. The molecule has 104 valence electrons. The molecule has 2 aliphatic rings. The number of ether oxygens (including phenoxy) is 1. The lowest BCUT2D eigenvalue weighted by Crippen LogP contribution is -2.40. The van der Waals surface area contributed by atoms with Gasteiger partial charge < -0.3 is 10.1 Å². The van der Waals surface area contributed by atoms with Gasteiger partial charge in [-0.1, -0.05) is 31.2 Å². The fourth-order valence-electron chi connectivity index (χ4n) is 3.20. The van der Waals surface area contributed by atoms with Crippen molar-refractivity contribution < 1.29 is 4.74 Å². The number of benzene rings is 1. The summed E-state index contributed by atoms with van der Waals surface area (Å²) in [6, 6.07) is 9.35. The average molecular weight is 260 g/mol. The van der Waals surface area contributed by atoms with Gasteiger partial charge in [0.25, 0.3) is 0 Å². The number of rotatable bonds is 5. The maximum atomic E-state index is 5.67. The second kappa shape index (κ2) is 6.04. The molecule has 0 radical (unpaired) electrons. The van der Waals surface area contributed by atoms with Crippen LogP contribution in [-0.2, 0) is 17.8 Å². The quantitative estimate of drug-likeness (QED) is 0.876. The summed E-state index contributed by atoms with van der Waals surface area (Å²) in [6.45, 7) is 8.47. The molecule has 3 rings (SSSR count). The third kappa shape index (κ3) is 2.99. The Bertz CT molecular complexity index is 396. The fourth-order valence-corrected chi connectivity index (χ4v) is 3.20. The standard InChI is InChI=1S/C16H24N2O/c1-2-7-17-16-12-19-11-15(16)10-18-8-13-5-3-4-6-14(13)9-18/h3-6,15-17H,2,7-12H2,1H3. The molecule has 3 nitrogen and oxygen atoms in total. The highest BCUT2D eigenvalue weighted by molar-refractivity contribution is 5.30. The van der Waals surface area contributed by atoms with Crippen LogP contribution in [0, 0.1) is 5.92 Å². The van der Waals surface area contributed by atoms with E-state index >= 15 is 0 Å². The minimum Gasteiger partial charge on any atom is -0.379 e. The molecule has 1 aromatic rings. The molecule has 1 fully saturated rings. The second-order valence-electron chi connectivity index (χ2n) is 5.80. The Balaban J connectivity index is 1.55. The van der Waals surface area contributed by atoms with Gasteiger partial charge in [-0.25, -0.2) is 0 Å². The molecule has 3 heteroatoms. The van der Waals surface area contributed by atoms with Crippen LogP contribution in [0.1, 0.15) is 24.5 Å². The summed E-state index contributed by atoms with van der Waals surface area (Å²) in [5, 5.41) is 3.62. The van der Waals surface area contributed by atoms with Gasteiger partial charge in [0.1, 0.15) is 0 Å². The summed E-state index contributed by atoms with van der Waals surface area (Å²) in [4.78, 5) is 2.56. The van der Waals surface area contributed by atoms with E-state index in [4.69, 9.17) is 4.74 Å². The van der Waals surface area contributed by atoms with E-state index in [-0.39, 0.29) is 0 Å². The zero-order valence-electron chi connectivity index (χ0n) is 11.8. The molecule has 2 aliphatic heterocycles. The molecular weight excluding hydrogens is 236 g/mol. The van der Waals surface area contributed by atoms with Gasteiger partial charge in [0.05, 0.1) is 13.2 Å². The van der Waals surface area contributed by atoms with Gasteiger partial charge >= 0.3 is 0 Å². The smallest absolute Gasteiger partial charge is 0.0623 e. The minimum atomic E-state index is 0.545. The normalized spacial score (nSPS) is 26.8. The third-order valence-electron chi connectivity index (χ3n) is 4.25. The highest BCUT2D eigenvalue weighted by Crippen LogP contribution is 2.25. The number of fused-ring (bicyclic) bond motifs is 1. The molecule has 1 aromatic carbocycles. The molecule has 0 aromatic heterocycles. The van der Waals surface area contributed by atoms with Gasteiger partial charge in [-0.05, 0) is 24.1 Å². The summed E-state index contributed by atoms with van der Waals surface area (Å²) in [5.41, 5.74) is 3.00. The van der Waals surface area contributed by atoms with E-state index in [0.29, 0.717) is 12.0 Å². The monoisotopic (exact) mass is 260 g/mol.